The third-order valence-electron chi connectivity index (χ3n) is 5.60. The van der Waals surface area contributed by atoms with Crippen LogP contribution in [0.3, 0.4) is 0 Å². The first-order valence-electron chi connectivity index (χ1n) is 9.58. The van der Waals surface area contributed by atoms with E-state index < -0.39 is 0 Å². The minimum Gasteiger partial charge on any atom is -0.496 e. The monoisotopic (exact) mass is 395 g/mol. The Kier molecular flexibility index (Phi) is 5.31. The Morgan fingerprint density at radius 3 is 2.93 bits per heavy atom. The summed E-state index contributed by atoms with van der Waals surface area (Å²) >= 11 is 1.76. The Morgan fingerprint density at radius 1 is 1.36 bits per heavy atom. The van der Waals surface area contributed by atoms with Gasteiger partial charge < -0.3 is 15.8 Å². The second kappa shape index (κ2) is 7.87. The number of methoxy groups -OCH3 is 1. The summed E-state index contributed by atoms with van der Waals surface area (Å²) in [5.41, 5.74) is 10.8. The average molecular weight is 396 g/mol. The number of carbonyl (C=O) groups excluding carboxylic acids is 1. The zero-order valence-electron chi connectivity index (χ0n) is 16.2. The molecule has 0 spiro atoms. The molecule has 0 fully saturated rings. The molecule has 1 aliphatic carbocycles. The van der Waals surface area contributed by atoms with Crippen LogP contribution in [0.15, 0.2) is 41.4 Å². The molecule has 2 unspecified atom stereocenters. The molecule has 28 heavy (non-hydrogen) atoms. The van der Waals surface area contributed by atoms with E-state index in [9.17, 15) is 4.79 Å². The molecule has 0 aromatic heterocycles. The summed E-state index contributed by atoms with van der Waals surface area (Å²) < 4.78 is 5.77. The maximum Gasteiger partial charge on any atom is 0.248 e. The first-order chi connectivity index (χ1) is 13.6. The molecule has 5 nitrogen and oxygen atoms in total. The number of nitrogens with one attached hydrogen (secondary N) is 1. The standard InChI is InChI=1S/C22H25N3O2S/c1-13-4-3-5-17(20(13)27-2)19(25-22-24-10-11-28-22)16-9-8-14-6-7-15(21(23)26)12-18(14)16/h3-7,12,16,19H,8-11H2,1-2H3,(H2,23,26)(H,24,25). The largest absolute Gasteiger partial charge is 0.496 e. The Hall–Kier alpha value is -2.47. The lowest BCUT2D eigenvalue weighted by atomic mass is 9.86. The number of ether oxygens (including phenoxy) is 1. The van der Waals surface area contributed by atoms with Crippen LogP contribution in [0.1, 0.15) is 51.0 Å². The van der Waals surface area contributed by atoms with E-state index in [2.05, 4.69) is 35.4 Å². The number of benzene rings is 2. The minimum absolute atomic E-state index is 0.0172. The molecule has 3 N–H and O–H groups in total. The molecular formula is C22H25N3O2S. The Bertz CT molecular complexity index is 941. The molecule has 1 aliphatic heterocycles. The first-order valence-corrected chi connectivity index (χ1v) is 10.6. The second-order valence-electron chi connectivity index (χ2n) is 7.28. The number of primary amides is 1. The third kappa shape index (κ3) is 3.49. The molecule has 4 rings (SSSR count). The summed E-state index contributed by atoms with van der Waals surface area (Å²) in [5, 5.41) is 4.66. The van der Waals surface area contributed by atoms with Crippen molar-refractivity contribution < 1.29 is 9.53 Å². The summed E-state index contributed by atoms with van der Waals surface area (Å²) in [4.78, 5) is 16.3. The van der Waals surface area contributed by atoms with E-state index in [0.717, 1.165) is 47.2 Å². The molecule has 1 amide bonds. The van der Waals surface area contributed by atoms with E-state index in [1.807, 2.05) is 18.2 Å². The highest BCUT2D eigenvalue weighted by Crippen LogP contribution is 2.45. The maximum atomic E-state index is 11.7. The lowest BCUT2D eigenvalue weighted by Crippen LogP contribution is -2.30. The van der Waals surface area contributed by atoms with Crippen molar-refractivity contribution in [2.75, 3.05) is 19.4 Å². The van der Waals surface area contributed by atoms with Gasteiger partial charge in [0.15, 0.2) is 5.17 Å². The van der Waals surface area contributed by atoms with Crippen LogP contribution in [0, 0.1) is 6.92 Å². The molecule has 2 aromatic carbocycles. The van der Waals surface area contributed by atoms with E-state index >= 15 is 0 Å². The van der Waals surface area contributed by atoms with Crippen LogP contribution in [0.5, 0.6) is 5.75 Å². The van der Waals surface area contributed by atoms with Gasteiger partial charge in [0.1, 0.15) is 5.75 Å². The zero-order chi connectivity index (χ0) is 19.7. The van der Waals surface area contributed by atoms with Crippen molar-refractivity contribution in [3.8, 4) is 5.75 Å². The lowest BCUT2D eigenvalue weighted by Gasteiger charge is -2.29. The number of thioether (sulfide) groups is 1. The van der Waals surface area contributed by atoms with Gasteiger partial charge >= 0.3 is 0 Å². The van der Waals surface area contributed by atoms with Crippen LogP contribution < -0.4 is 15.8 Å². The number of fused-ring (bicyclic) bond motifs is 1. The molecule has 0 saturated heterocycles. The van der Waals surface area contributed by atoms with Crippen LogP contribution in [0.2, 0.25) is 0 Å². The van der Waals surface area contributed by atoms with Crippen molar-refractivity contribution in [3.63, 3.8) is 0 Å². The van der Waals surface area contributed by atoms with Crippen LogP contribution in [0.4, 0.5) is 0 Å². The van der Waals surface area contributed by atoms with Gasteiger partial charge in [-0.1, -0.05) is 36.0 Å². The second-order valence-corrected chi connectivity index (χ2v) is 8.36. The molecule has 0 radical (unpaired) electrons. The van der Waals surface area contributed by atoms with Crippen molar-refractivity contribution in [2.24, 2.45) is 10.7 Å². The molecule has 2 atom stereocenters. The number of aliphatic imine (C=N–C) groups is 1. The van der Waals surface area contributed by atoms with E-state index in [0.29, 0.717) is 5.56 Å². The fourth-order valence-electron chi connectivity index (χ4n) is 4.28. The predicted octanol–water partition coefficient (Wildman–Crippen LogP) is 3.57. The smallest absolute Gasteiger partial charge is 0.248 e. The SMILES string of the molecule is COc1c(C)cccc1C(NC1=NCCS1)C1CCc2ccc(C(N)=O)cc21. The van der Waals surface area contributed by atoms with Crippen molar-refractivity contribution in [3.05, 3.63) is 64.2 Å². The highest BCUT2D eigenvalue weighted by atomic mass is 32.2. The number of amides is 1. The van der Waals surface area contributed by atoms with E-state index in [4.69, 9.17) is 10.5 Å². The van der Waals surface area contributed by atoms with Crippen molar-refractivity contribution in [1.82, 2.24) is 5.32 Å². The van der Waals surface area contributed by atoms with Gasteiger partial charge in [-0.3, -0.25) is 9.79 Å². The van der Waals surface area contributed by atoms with Gasteiger partial charge in [-0.05, 0) is 48.6 Å². The summed E-state index contributed by atoms with van der Waals surface area (Å²) in [7, 11) is 1.72. The Balaban J connectivity index is 1.79. The quantitative estimate of drug-likeness (QED) is 0.811. The molecule has 2 aliphatic rings. The van der Waals surface area contributed by atoms with E-state index in [-0.39, 0.29) is 17.9 Å². The number of nitrogens with two attached hydrogens (primary N) is 1. The summed E-state index contributed by atoms with van der Waals surface area (Å²) in [6.07, 6.45) is 2.00. The number of nitrogens with zero attached hydrogens (tertiary/aromatic N) is 1. The number of hydrogen-bond donors (Lipinski definition) is 2. The average Bonchev–Trinajstić information content (AvgIpc) is 3.35. The van der Waals surface area contributed by atoms with E-state index in [1.54, 1.807) is 18.9 Å². The summed E-state index contributed by atoms with van der Waals surface area (Å²) in [5.74, 6) is 1.74. The normalized spacial score (nSPS) is 19.1. The van der Waals surface area contributed by atoms with Crippen LogP contribution in [0.25, 0.3) is 0 Å². The zero-order valence-corrected chi connectivity index (χ0v) is 17.0. The van der Waals surface area contributed by atoms with Crippen molar-refractivity contribution in [2.45, 2.75) is 31.7 Å². The number of hydrogen-bond acceptors (Lipinski definition) is 5. The van der Waals surface area contributed by atoms with Gasteiger partial charge in [0, 0.05) is 22.8 Å². The van der Waals surface area contributed by atoms with Crippen LogP contribution in [-0.2, 0) is 6.42 Å². The minimum atomic E-state index is -0.387. The number of para-hydroxylation sites is 1. The Morgan fingerprint density at radius 2 is 2.21 bits per heavy atom. The van der Waals surface area contributed by atoms with Crippen molar-refractivity contribution in [1.29, 1.82) is 0 Å². The number of aryl methyl sites for hydroxylation is 2. The Labute approximate surface area is 169 Å². The van der Waals surface area contributed by atoms with Gasteiger partial charge in [-0.25, -0.2) is 0 Å². The summed E-state index contributed by atoms with van der Waals surface area (Å²) in [6, 6.07) is 12.1. The van der Waals surface area contributed by atoms with Gasteiger partial charge in [-0.2, -0.15) is 0 Å². The maximum absolute atomic E-state index is 11.7. The number of rotatable bonds is 5. The highest BCUT2D eigenvalue weighted by molar-refractivity contribution is 8.14. The first kappa shape index (κ1) is 18.9. The topological polar surface area (TPSA) is 76.7 Å². The molecule has 0 saturated carbocycles. The van der Waals surface area contributed by atoms with Crippen LogP contribution >= 0.6 is 11.8 Å². The molecule has 2 aromatic rings. The fraction of sp³-hybridized carbons (Fsp3) is 0.364. The third-order valence-corrected chi connectivity index (χ3v) is 6.51. The van der Waals surface area contributed by atoms with Gasteiger partial charge in [0.05, 0.1) is 19.7 Å². The molecule has 1 heterocycles. The molecule has 6 heteroatoms. The van der Waals surface area contributed by atoms with Gasteiger partial charge in [0.25, 0.3) is 0 Å². The number of carbonyl (C=O) groups is 1. The highest BCUT2D eigenvalue weighted by Gasteiger charge is 2.34. The molecular weight excluding hydrogens is 370 g/mol. The number of amidine groups is 1. The van der Waals surface area contributed by atoms with Crippen LogP contribution in [-0.4, -0.2) is 30.5 Å². The lowest BCUT2D eigenvalue weighted by molar-refractivity contribution is 0.1000. The fourth-order valence-corrected chi connectivity index (χ4v) is 5.05. The predicted molar refractivity (Wildman–Crippen MR) is 114 cm³/mol. The van der Waals surface area contributed by atoms with Gasteiger partial charge in [-0.15, -0.1) is 0 Å². The van der Waals surface area contributed by atoms with E-state index in [1.165, 1.54) is 11.1 Å². The molecule has 146 valence electrons. The van der Waals surface area contributed by atoms with Crippen molar-refractivity contribution >= 4 is 22.8 Å². The summed E-state index contributed by atoms with van der Waals surface area (Å²) in [6.45, 7) is 2.91. The van der Waals surface area contributed by atoms with Gasteiger partial charge in [0.2, 0.25) is 5.91 Å². The molecule has 0 bridgehead atoms.